The van der Waals surface area contributed by atoms with E-state index >= 15 is 0 Å². The lowest BCUT2D eigenvalue weighted by Crippen LogP contribution is -2.19. The fourth-order valence-corrected chi connectivity index (χ4v) is 2.92. The molecule has 1 heterocycles. The molecule has 0 bridgehead atoms. The Morgan fingerprint density at radius 2 is 2.04 bits per heavy atom. The maximum absolute atomic E-state index is 12.8. The van der Waals surface area contributed by atoms with Crippen molar-refractivity contribution in [2.75, 3.05) is 5.75 Å². The summed E-state index contributed by atoms with van der Waals surface area (Å²) in [5.41, 5.74) is 5.08. The van der Waals surface area contributed by atoms with E-state index in [0.717, 1.165) is 16.2 Å². The van der Waals surface area contributed by atoms with Crippen LogP contribution in [0.25, 0.3) is 11.0 Å². The van der Waals surface area contributed by atoms with Crippen molar-refractivity contribution in [2.45, 2.75) is 5.16 Å². The van der Waals surface area contributed by atoms with Gasteiger partial charge in [0.15, 0.2) is 5.16 Å². The first-order chi connectivity index (χ1) is 11.6. The Morgan fingerprint density at radius 3 is 2.79 bits per heavy atom. The minimum absolute atomic E-state index is 0.206. The number of hydrogen-bond acceptors (Lipinski definition) is 4. The van der Waals surface area contributed by atoms with E-state index in [1.165, 1.54) is 30.1 Å². The van der Waals surface area contributed by atoms with Gasteiger partial charge in [0.1, 0.15) is 5.82 Å². The molecule has 0 aliphatic heterocycles. The summed E-state index contributed by atoms with van der Waals surface area (Å²) < 4.78 is 14.7. The second-order valence-electron chi connectivity index (χ2n) is 5.08. The summed E-state index contributed by atoms with van der Waals surface area (Å²) in [6.45, 7) is 0. The van der Waals surface area contributed by atoms with Crippen LogP contribution in [0.3, 0.4) is 0 Å². The van der Waals surface area contributed by atoms with Gasteiger partial charge in [0, 0.05) is 7.05 Å². The average Bonchev–Trinajstić information content (AvgIpc) is 2.91. The number of carbonyl (C=O) groups excluding carboxylic acids is 1. The predicted molar refractivity (Wildman–Crippen MR) is 93.6 cm³/mol. The summed E-state index contributed by atoms with van der Waals surface area (Å²) >= 11 is 1.35. The molecule has 1 aromatic heterocycles. The quantitative estimate of drug-likeness (QED) is 0.441. The zero-order valence-electron chi connectivity index (χ0n) is 12.9. The molecule has 0 radical (unpaired) electrons. The average molecular weight is 342 g/mol. The summed E-state index contributed by atoms with van der Waals surface area (Å²) in [5, 5.41) is 4.63. The van der Waals surface area contributed by atoms with Gasteiger partial charge in [-0.15, -0.1) is 0 Å². The molecule has 0 saturated heterocycles. The highest BCUT2D eigenvalue weighted by atomic mass is 32.2. The van der Waals surface area contributed by atoms with Crippen LogP contribution < -0.4 is 5.43 Å². The highest BCUT2D eigenvalue weighted by Crippen LogP contribution is 2.22. The fraction of sp³-hybridized carbons (Fsp3) is 0.118. The Labute approximate surface area is 142 Å². The molecule has 5 nitrogen and oxygen atoms in total. The maximum atomic E-state index is 12.8. The third kappa shape index (κ3) is 3.80. The van der Waals surface area contributed by atoms with Crippen LogP contribution in [0, 0.1) is 5.82 Å². The molecule has 3 rings (SSSR count). The minimum Gasteiger partial charge on any atom is -0.322 e. The minimum atomic E-state index is -0.310. The van der Waals surface area contributed by atoms with Gasteiger partial charge in [0.2, 0.25) is 0 Å². The number of nitrogens with zero attached hydrogens (tertiary/aromatic N) is 3. The molecule has 0 unspecified atom stereocenters. The van der Waals surface area contributed by atoms with E-state index in [-0.39, 0.29) is 17.5 Å². The monoisotopic (exact) mass is 342 g/mol. The van der Waals surface area contributed by atoms with Crippen LogP contribution in [0.2, 0.25) is 0 Å². The molecule has 122 valence electrons. The second kappa shape index (κ2) is 7.27. The zero-order chi connectivity index (χ0) is 16.9. The standard InChI is InChI=1S/C17H15FN4OS/c1-22-15-5-3-2-4-14(15)20-17(22)24-11-16(23)21-19-10-12-6-8-13(18)9-7-12/h2-10H,11H2,1H3,(H,21,23)/b19-10-. The molecular weight excluding hydrogens is 327 g/mol. The number of nitrogens with one attached hydrogen (secondary N) is 1. The van der Waals surface area contributed by atoms with Crippen molar-refractivity contribution >= 4 is 34.9 Å². The van der Waals surface area contributed by atoms with E-state index in [9.17, 15) is 9.18 Å². The van der Waals surface area contributed by atoms with Gasteiger partial charge in [0.05, 0.1) is 23.0 Å². The lowest BCUT2D eigenvalue weighted by molar-refractivity contribution is -0.118. The third-order valence-electron chi connectivity index (χ3n) is 3.35. The highest BCUT2D eigenvalue weighted by Gasteiger charge is 2.09. The number of thioether (sulfide) groups is 1. The van der Waals surface area contributed by atoms with Crippen LogP contribution in [-0.4, -0.2) is 27.4 Å². The lowest BCUT2D eigenvalue weighted by atomic mass is 10.2. The Hall–Kier alpha value is -2.67. The Bertz CT molecular complexity index is 889. The molecule has 1 N–H and O–H groups in total. The molecular formula is C17H15FN4OS. The number of para-hydroxylation sites is 2. The normalized spacial score (nSPS) is 11.2. The molecule has 7 heteroatoms. The van der Waals surface area contributed by atoms with Crippen molar-refractivity contribution in [3.8, 4) is 0 Å². The van der Waals surface area contributed by atoms with E-state index in [0.29, 0.717) is 5.56 Å². The Kier molecular flexibility index (Phi) is 4.90. The fourth-order valence-electron chi connectivity index (χ4n) is 2.14. The molecule has 0 aliphatic carbocycles. The molecule has 24 heavy (non-hydrogen) atoms. The molecule has 0 aliphatic rings. The van der Waals surface area contributed by atoms with Crippen molar-refractivity contribution in [1.29, 1.82) is 0 Å². The number of hydrazone groups is 1. The molecule has 2 aromatic carbocycles. The molecule has 1 amide bonds. The summed E-state index contributed by atoms with van der Waals surface area (Å²) in [6, 6.07) is 13.6. The SMILES string of the molecule is Cn1c(SCC(=O)N/N=C\c2ccc(F)cc2)nc2ccccc21. The van der Waals surface area contributed by atoms with Crippen molar-refractivity contribution < 1.29 is 9.18 Å². The summed E-state index contributed by atoms with van der Waals surface area (Å²) in [5.74, 6) is -0.335. The van der Waals surface area contributed by atoms with Crippen LogP contribution in [0.5, 0.6) is 0 Å². The number of rotatable bonds is 5. The van der Waals surface area contributed by atoms with Gasteiger partial charge in [-0.1, -0.05) is 36.0 Å². The Morgan fingerprint density at radius 1 is 1.29 bits per heavy atom. The third-order valence-corrected chi connectivity index (χ3v) is 4.38. The second-order valence-corrected chi connectivity index (χ2v) is 6.02. The van der Waals surface area contributed by atoms with Crippen molar-refractivity contribution in [3.05, 3.63) is 59.9 Å². The van der Waals surface area contributed by atoms with Crippen LogP contribution >= 0.6 is 11.8 Å². The molecule has 0 atom stereocenters. The van der Waals surface area contributed by atoms with Crippen molar-refractivity contribution in [2.24, 2.45) is 12.1 Å². The van der Waals surface area contributed by atoms with Gasteiger partial charge >= 0.3 is 0 Å². The topological polar surface area (TPSA) is 59.3 Å². The van der Waals surface area contributed by atoms with E-state index in [1.54, 1.807) is 12.1 Å². The van der Waals surface area contributed by atoms with E-state index in [4.69, 9.17) is 0 Å². The number of carbonyl (C=O) groups is 1. The number of aryl methyl sites for hydroxylation is 1. The van der Waals surface area contributed by atoms with Gasteiger partial charge in [-0.3, -0.25) is 4.79 Å². The molecule has 3 aromatic rings. The first kappa shape index (κ1) is 16.2. The van der Waals surface area contributed by atoms with Crippen LogP contribution in [0.1, 0.15) is 5.56 Å². The number of hydrogen-bond donors (Lipinski definition) is 1. The van der Waals surface area contributed by atoms with E-state index in [1.807, 2.05) is 35.9 Å². The highest BCUT2D eigenvalue weighted by molar-refractivity contribution is 7.99. The van der Waals surface area contributed by atoms with E-state index in [2.05, 4.69) is 15.5 Å². The number of benzene rings is 2. The van der Waals surface area contributed by atoms with Gasteiger partial charge in [0.25, 0.3) is 5.91 Å². The van der Waals surface area contributed by atoms with Crippen molar-refractivity contribution in [3.63, 3.8) is 0 Å². The first-order valence-electron chi connectivity index (χ1n) is 7.25. The number of amides is 1. The molecule has 0 spiro atoms. The Balaban J connectivity index is 1.55. The van der Waals surface area contributed by atoms with Gasteiger partial charge in [-0.25, -0.2) is 14.8 Å². The van der Waals surface area contributed by atoms with Gasteiger partial charge < -0.3 is 4.57 Å². The molecule has 0 saturated carbocycles. The van der Waals surface area contributed by atoms with Gasteiger partial charge in [-0.2, -0.15) is 5.10 Å². The number of fused-ring (bicyclic) bond motifs is 1. The van der Waals surface area contributed by atoms with Crippen LogP contribution in [0.4, 0.5) is 4.39 Å². The van der Waals surface area contributed by atoms with Gasteiger partial charge in [-0.05, 0) is 29.8 Å². The van der Waals surface area contributed by atoms with Crippen LogP contribution in [-0.2, 0) is 11.8 Å². The predicted octanol–water partition coefficient (Wildman–Crippen LogP) is 2.95. The number of aromatic nitrogens is 2. The number of imidazole rings is 1. The largest absolute Gasteiger partial charge is 0.322 e. The summed E-state index contributed by atoms with van der Waals surface area (Å²) in [6.07, 6.45) is 1.47. The van der Waals surface area contributed by atoms with E-state index < -0.39 is 0 Å². The number of halogens is 1. The first-order valence-corrected chi connectivity index (χ1v) is 8.24. The molecule has 0 fully saturated rings. The van der Waals surface area contributed by atoms with Crippen LogP contribution in [0.15, 0.2) is 58.8 Å². The lowest BCUT2D eigenvalue weighted by Gasteiger charge is -2.01. The van der Waals surface area contributed by atoms with Crippen molar-refractivity contribution in [1.82, 2.24) is 15.0 Å². The summed E-state index contributed by atoms with van der Waals surface area (Å²) in [7, 11) is 1.92. The smallest absolute Gasteiger partial charge is 0.250 e. The zero-order valence-corrected chi connectivity index (χ0v) is 13.8. The summed E-state index contributed by atoms with van der Waals surface area (Å²) in [4.78, 5) is 16.3. The maximum Gasteiger partial charge on any atom is 0.250 e.